The maximum absolute atomic E-state index is 9.37. The molecule has 1 N–H and O–H groups in total. The molecule has 0 aliphatic carbocycles. The molecule has 4 nitrogen and oxygen atoms in total. The zero-order valence-electron chi connectivity index (χ0n) is 10.5. The molecular weight excluding hydrogens is 216 g/mol. The summed E-state index contributed by atoms with van der Waals surface area (Å²) in [6.07, 6.45) is 4.90. The van der Waals surface area contributed by atoms with E-state index in [1.54, 1.807) is 7.11 Å². The Morgan fingerprint density at radius 1 is 1.53 bits per heavy atom. The van der Waals surface area contributed by atoms with Gasteiger partial charge in [0, 0.05) is 38.6 Å². The molecule has 1 fully saturated rings. The van der Waals surface area contributed by atoms with Crippen molar-refractivity contribution in [1.82, 2.24) is 9.88 Å². The second kappa shape index (κ2) is 5.58. The average Bonchev–Trinajstić information content (AvgIpc) is 2.71. The Balaban J connectivity index is 2.02. The van der Waals surface area contributed by atoms with Crippen molar-refractivity contribution in [2.24, 2.45) is 0 Å². The summed E-state index contributed by atoms with van der Waals surface area (Å²) in [4.78, 5) is 6.46. The Bertz CT molecular complexity index is 370. The molecule has 0 aromatic carbocycles. The van der Waals surface area contributed by atoms with Gasteiger partial charge in [-0.3, -0.25) is 9.88 Å². The molecule has 0 saturated carbocycles. The van der Waals surface area contributed by atoms with Crippen molar-refractivity contribution in [3.05, 3.63) is 29.6 Å². The fourth-order valence-corrected chi connectivity index (χ4v) is 2.43. The van der Waals surface area contributed by atoms with E-state index in [9.17, 15) is 5.11 Å². The van der Waals surface area contributed by atoms with Gasteiger partial charge < -0.3 is 9.84 Å². The van der Waals surface area contributed by atoms with E-state index in [-0.39, 0.29) is 18.8 Å². The zero-order valence-corrected chi connectivity index (χ0v) is 10.5. The predicted molar refractivity (Wildman–Crippen MR) is 65.7 cm³/mol. The molecule has 0 unspecified atom stereocenters. The number of pyridine rings is 1. The lowest BCUT2D eigenvalue weighted by Crippen LogP contribution is -2.32. The second-order valence-corrected chi connectivity index (χ2v) is 4.73. The highest BCUT2D eigenvalue weighted by Crippen LogP contribution is 2.21. The molecule has 0 radical (unpaired) electrons. The Morgan fingerprint density at radius 3 is 3.00 bits per heavy atom. The van der Waals surface area contributed by atoms with E-state index in [4.69, 9.17) is 4.74 Å². The number of hydrogen-bond acceptors (Lipinski definition) is 4. The van der Waals surface area contributed by atoms with Crippen LogP contribution in [0.25, 0.3) is 0 Å². The zero-order chi connectivity index (χ0) is 12.3. The normalized spacial score (nSPS) is 25.4. The van der Waals surface area contributed by atoms with Crippen molar-refractivity contribution < 1.29 is 9.84 Å². The SMILES string of the molecule is CO[C@H]1C[C@@H](CO)N(Cc2cncc(C)c2)C1. The summed E-state index contributed by atoms with van der Waals surface area (Å²) in [7, 11) is 1.73. The van der Waals surface area contributed by atoms with Gasteiger partial charge in [0.1, 0.15) is 0 Å². The predicted octanol–water partition coefficient (Wildman–Crippen LogP) is 0.972. The lowest BCUT2D eigenvalue weighted by molar-refractivity contribution is 0.107. The molecule has 1 saturated heterocycles. The molecule has 1 aliphatic heterocycles. The number of aliphatic hydroxyl groups is 1. The maximum Gasteiger partial charge on any atom is 0.0714 e. The van der Waals surface area contributed by atoms with Gasteiger partial charge in [0.25, 0.3) is 0 Å². The Kier molecular flexibility index (Phi) is 4.10. The van der Waals surface area contributed by atoms with Crippen LogP contribution in [0.2, 0.25) is 0 Å². The van der Waals surface area contributed by atoms with Crippen molar-refractivity contribution in [3.63, 3.8) is 0 Å². The maximum atomic E-state index is 9.37. The van der Waals surface area contributed by atoms with E-state index in [1.807, 2.05) is 19.3 Å². The lowest BCUT2D eigenvalue weighted by atomic mass is 10.2. The minimum Gasteiger partial charge on any atom is -0.395 e. The fraction of sp³-hybridized carbons (Fsp3) is 0.615. The van der Waals surface area contributed by atoms with Crippen molar-refractivity contribution >= 4 is 0 Å². The average molecular weight is 236 g/mol. The van der Waals surface area contributed by atoms with Gasteiger partial charge in [-0.05, 0) is 24.5 Å². The van der Waals surface area contributed by atoms with Gasteiger partial charge in [0.05, 0.1) is 12.7 Å². The second-order valence-electron chi connectivity index (χ2n) is 4.73. The quantitative estimate of drug-likeness (QED) is 0.846. The van der Waals surface area contributed by atoms with Crippen molar-refractivity contribution in [2.45, 2.75) is 32.0 Å². The highest BCUT2D eigenvalue weighted by Gasteiger charge is 2.31. The van der Waals surface area contributed by atoms with Gasteiger partial charge >= 0.3 is 0 Å². The summed E-state index contributed by atoms with van der Waals surface area (Å²) in [5.41, 5.74) is 2.37. The minimum absolute atomic E-state index is 0.194. The molecule has 0 amide bonds. The van der Waals surface area contributed by atoms with E-state index in [2.05, 4.69) is 16.0 Å². The Labute approximate surface area is 102 Å². The summed E-state index contributed by atoms with van der Waals surface area (Å²) >= 11 is 0. The van der Waals surface area contributed by atoms with E-state index in [0.29, 0.717) is 0 Å². The molecule has 1 aromatic heterocycles. The van der Waals surface area contributed by atoms with Gasteiger partial charge in [-0.1, -0.05) is 6.07 Å². The third-order valence-electron chi connectivity index (χ3n) is 3.35. The molecule has 1 aliphatic rings. The molecule has 94 valence electrons. The smallest absolute Gasteiger partial charge is 0.0714 e. The van der Waals surface area contributed by atoms with Crippen LogP contribution in [0.15, 0.2) is 18.5 Å². The van der Waals surface area contributed by atoms with Gasteiger partial charge in [-0.25, -0.2) is 0 Å². The van der Waals surface area contributed by atoms with Crippen LogP contribution in [0, 0.1) is 6.92 Å². The van der Waals surface area contributed by atoms with Gasteiger partial charge in [0.2, 0.25) is 0 Å². The van der Waals surface area contributed by atoms with Crippen LogP contribution >= 0.6 is 0 Å². The Hall–Kier alpha value is -0.970. The van der Waals surface area contributed by atoms with Gasteiger partial charge in [-0.2, -0.15) is 0 Å². The number of methoxy groups -OCH3 is 1. The standard InChI is InChI=1S/C13H20N2O2/c1-10-3-11(6-14-5-10)7-15-8-13(17-2)4-12(15)9-16/h3,5-6,12-13,16H,4,7-9H2,1-2H3/t12-,13-/m0/s1. The van der Waals surface area contributed by atoms with Crippen LogP contribution in [0.5, 0.6) is 0 Å². The summed E-state index contributed by atoms with van der Waals surface area (Å²) in [5, 5.41) is 9.37. The van der Waals surface area contributed by atoms with E-state index in [0.717, 1.165) is 19.5 Å². The largest absolute Gasteiger partial charge is 0.395 e. The van der Waals surface area contributed by atoms with Gasteiger partial charge in [-0.15, -0.1) is 0 Å². The van der Waals surface area contributed by atoms with E-state index in [1.165, 1.54) is 11.1 Å². The summed E-state index contributed by atoms with van der Waals surface area (Å²) in [6, 6.07) is 2.35. The summed E-state index contributed by atoms with van der Waals surface area (Å²) in [6.45, 7) is 3.95. The first-order valence-electron chi connectivity index (χ1n) is 6.01. The summed E-state index contributed by atoms with van der Waals surface area (Å²) in [5.74, 6) is 0. The molecule has 1 aromatic rings. The molecule has 17 heavy (non-hydrogen) atoms. The third kappa shape index (κ3) is 3.03. The molecule has 0 spiro atoms. The van der Waals surface area contributed by atoms with Crippen LogP contribution in [0.1, 0.15) is 17.5 Å². The van der Waals surface area contributed by atoms with E-state index >= 15 is 0 Å². The van der Waals surface area contributed by atoms with Crippen molar-refractivity contribution in [2.75, 3.05) is 20.3 Å². The molecule has 0 bridgehead atoms. The topological polar surface area (TPSA) is 45.6 Å². The van der Waals surface area contributed by atoms with Crippen LogP contribution in [-0.2, 0) is 11.3 Å². The first kappa shape index (κ1) is 12.5. The number of hydrogen-bond donors (Lipinski definition) is 1. The van der Waals surface area contributed by atoms with Crippen molar-refractivity contribution in [1.29, 1.82) is 0 Å². The van der Waals surface area contributed by atoms with Crippen LogP contribution in [0.3, 0.4) is 0 Å². The number of nitrogens with zero attached hydrogens (tertiary/aromatic N) is 2. The monoisotopic (exact) mass is 236 g/mol. The first-order chi connectivity index (χ1) is 8.22. The first-order valence-corrected chi connectivity index (χ1v) is 6.01. The molecular formula is C13H20N2O2. The number of aryl methyl sites for hydroxylation is 1. The summed E-state index contributed by atoms with van der Waals surface area (Å²) < 4.78 is 5.37. The number of aromatic nitrogens is 1. The fourth-order valence-electron chi connectivity index (χ4n) is 2.43. The highest BCUT2D eigenvalue weighted by atomic mass is 16.5. The molecule has 4 heteroatoms. The van der Waals surface area contributed by atoms with Crippen LogP contribution < -0.4 is 0 Å². The minimum atomic E-state index is 0.194. The number of ether oxygens (including phenoxy) is 1. The number of likely N-dealkylation sites (tertiary alicyclic amines) is 1. The molecule has 2 rings (SSSR count). The Morgan fingerprint density at radius 2 is 2.35 bits per heavy atom. The number of rotatable bonds is 4. The molecule has 2 atom stereocenters. The van der Waals surface area contributed by atoms with E-state index < -0.39 is 0 Å². The molecule has 2 heterocycles. The third-order valence-corrected chi connectivity index (χ3v) is 3.35. The number of aliphatic hydroxyl groups excluding tert-OH is 1. The van der Waals surface area contributed by atoms with Crippen LogP contribution in [-0.4, -0.2) is 47.4 Å². The highest BCUT2D eigenvalue weighted by molar-refractivity contribution is 5.16. The van der Waals surface area contributed by atoms with Gasteiger partial charge in [0.15, 0.2) is 0 Å². The lowest BCUT2D eigenvalue weighted by Gasteiger charge is -2.22. The van der Waals surface area contributed by atoms with Crippen LogP contribution in [0.4, 0.5) is 0 Å². The van der Waals surface area contributed by atoms with Crippen molar-refractivity contribution in [3.8, 4) is 0 Å².